The van der Waals surface area contributed by atoms with Gasteiger partial charge in [0.05, 0.1) is 6.54 Å². The molecule has 0 aliphatic carbocycles. The highest BCUT2D eigenvalue weighted by atomic mass is 16.1. The van der Waals surface area contributed by atoms with Crippen molar-refractivity contribution in [2.45, 2.75) is 40.2 Å². The molecule has 0 fully saturated rings. The Morgan fingerprint density at radius 3 is 2.50 bits per heavy atom. The molecule has 0 bridgehead atoms. The van der Waals surface area contributed by atoms with Crippen LogP contribution in [0.3, 0.4) is 0 Å². The fourth-order valence-electron chi connectivity index (χ4n) is 2.15. The van der Waals surface area contributed by atoms with Crippen molar-refractivity contribution in [2.24, 2.45) is 5.92 Å². The lowest BCUT2D eigenvalue weighted by Crippen LogP contribution is -2.34. The summed E-state index contributed by atoms with van der Waals surface area (Å²) >= 11 is 0. The first-order chi connectivity index (χ1) is 8.40. The highest BCUT2D eigenvalue weighted by Gasteiger charge is 2.15. The van der Waals surface area contributed by atoms with E-state index < -0.39 is 0 Å². The Labute approximate surface area is 111 Å². The van der Waals surface area contributed by atoms with Crippen LogP contribution in [0.25, 0.3) is 0 Å². The average Bonchev–Trinajstić information content (AvgIpc) is 2.27. The second kappa shape index (κ2) is 6.69. The summed E-state index contributed by atoms with van der Waals surface area (Å²) < 4.78 is 0. The van der Waals surface area contributed by atoms with Gasteiger partial charge in [0.2, 0.25) is 0 Å². The number of rotatable bonds is 6. The van der Waals surface area contributed by atoms with Crippen LogP contribution in [0.1, 0.15) is 43.1 Å². The van der Waals surface area contributed by atoms with E-state index in [9.17, 15) is 4.79 Å². The number of nitrogens with zero attached hydrogens (tertiary/aromatic N) is 1. The quantitative estimate of drug-likeness (QED) is 0.717. The molecule has 2 nitrogen and oxygen atoms in total. The standard InChI is InChI=1S/C16H25NO/c1-12(2)9-14(4)17(5)11-16(18)15-8-6-7-13(3)10-15/h6-8,10,12,14H,9,11H2,1-5H3. The average molecular weight is 247 g/mol. The van der Waals surface area contributed by atoms with Crippen LogP contribution >= 0.6 is 0 Å². The molecule has 18 heavy (non-hydrogen) atoms. The van der Waals surface area contributed by atoms with Crippen LogP contribution < -0.4 is 0 Å². The van der Waals surface area contributed by atoms with E-state index in [1.54, 1.807) is 0 Å². The van der Waals surface area contributed by atoms with Gasteiger partial charge in [-0.05, 0) is 39.3 Å². The zero-order chi connectivity index (χ0) is 13.7. The maximum atomic E-state index is 12.2. The fourth-order valence-corrected chi connectivity index (χ4v) is 2.15. The van der Waals surface area contributed by atoms with Gasteiger partial charge in [-0.1, -0.05) is 37.6 Å². The van der Waals surface area contributed by atoms with Crippen LogP contribution in [0.2, 0.25) is 0 Å². The van der Waals surface area contributed by atoms with Crippen molar-refractivity contribution in [2.75, 3.05) is 13.6 Å². The van der Waals surface area contributed by atoms with Crippen LogP contribution in [0.4, 0.5) is 0 Å². The van der Waals surface area contributed by atoms with Crippen molar-refractivity contribution < 1.29 is 4.79 Å². The summed E-state index contributed by atoms with van der Waals surface area (Å²) in [6, 6.07) is 8.26. The van der Waals surface area contributed by atoms with Gasteiger partial charge >= 0.3 is 0 Å². The predicted molar refractivity (Wildman–Crippen MR) is 77.1 cm³/mol. The molecule has 1 atom stereocenters. The van der Waals surface area contributed by atoms with Crippen LogP contribution in [0.5, 0.6) is 0 Å². The van der Waals surface area contributed by atoms with E-state index in [1.165, 1.54) is 0 Å². The fraction of sp³-hybridized carbons (Fsp3) is 0.562. The van der Waals surface area contributed by atoms with Crippen molar-refractivity contribution in [3.8, 4) is 0 Å². The first kappa shape index (κ1) is 14.9. The Bertz CT molecular complexity index is 398. The number of benzene rings is 1. The predicted octanol–water partition coefficient (Wildman–Crippen LogP) is 3.54. The Kier molecular flexibility index (Phi) is 5.54. The first-order valence-corrected chi connectivity index (χ1v) is 6.70. The van der Waals surface area contributed by atoms with E-state index >= 15 is 0 Å². The Morgan fingerprint density at radius 1 is 1.28 bits per heavy atom. The number of likely N-dealkylation sites (N-methyl/N-ethyl adjacent to an activating group) is 1. The summed E-state index contributed by atoms with van der Waals surface area (Å²) in [6.07, 6.45) is 1.12. The topological polar surface area (TPSA) is 20.3 Å². The van der Waals surface area contributed by atoms with Crippen LogP contribution in [0, 0.1) is 12.8 Å². The molecule has 1 rings (SSSR count). The number of carbonyl (C=O) groups excluding carboxylic acids is 1. The zero-order valence-electron chi connectivity index (χ0n) is 12.2. The minimum atomic E-state index is 0.205. The highest BCUT2D eigenvalue weighted by molar-refractivity contribution is 5.97. The van der Waals surface area contributed by atoms with Gasteiger partial charge in [-0.2, -0.15) is 0 Å². The molecule has 0 N–H and O–H groups in total. The van der Waals surface area contributed by atoms with E-state index in [0.29, 0.717) is 18.5 Å². The monoisotopic (exact) mass is 247 g/mol. The second-order valence-electron chi connectivity index (χ2n) is 5.69. The number of hydrogen-bond acceptors (Lipinski definition) is 2. The molecule has 0 saturated heterocycles. The molecule has 0 aliphatic rings. The molecular weight excluding hydrogens is 222 g/mol. The molecule has 0 aliphatic heterocycles. The summed E-state index contributed by atoms with van der Waals surface area (Å²) in [5.41, 5.74) is 1.96. The van der Waals surface area contributed by atoms with Gasteiger partial charge in [-0.15, -0.1) is 0 Å². The third kappa shape index (κ3) is 4.61. The molecule has 0 amide bonds. The van der Waals surface area contributed by atoms with E-state index in [1.807, 2.05) is 38.2 Å². The van der Waals surface area contributed by atoms with Crippen molar-refractivity contribution >= 4 is 5.78 Å². The van der Waals surface area contributed by atoms with Gasteiger partial charge in [0, 0.05) is 11.6 Å². The van der Waals surface area contributed by atoms with Crippen molar-refractivity contribution in [1.82, 2.24) is 4.90 Å². The van der Waals surface area contributed by atoms with Gasteiger partial charge in [0.25, 0.3) is 0 Å². The smallest absolute Gasteiger partial charge is 0.176 e. The summed E-state index contributed by atoms with van der Waals surface area (Å²) in [6.45, 7) is 9.13. The molecule has 0 spiro atoms. The highest BCUT2D eigenvalue weighted by Crippen LogP contribution is 2.11. The summed E-state index contributed by atoms with van der Waals surface area (Å²) in [5.74, 6) is 0.869. The molecule has 1 aromatic rings. The Balaban J connectivity index is 2.59. The largest absolute Gasteiger partial charge is 0.296 e. The molecule has 0 saturated carbocycles. The van der Waals surface area contributed by atoms with Crippen molar-refractivity contribution in [3.63, 3.8) is 0 Å². The molecule has 0 radical (unpaired) electrons. The van der Waals surface area contributed by atoms with Crippen LogP contribution in [-0.2, 0) is 0 Å². The number of hydrogen-bond donors (Lipinski definition) is 0. The van der Waals surface area contributed by atoms with Crippen molar-refractivity contribution in [1.29, 1.82) is 0 Å². The second-order valence-corrected chi connectivity index (χ2v) is 5.69. The zero-order valence-corrected chi connectivity index (χ0v) is 12.2. The van der Waals surface area contributed by atoms with Gasteiger partial charge in [0.15, 0.2) is 5.78 Å². The number of aryl methyl sites for hydroxylation is 1. The minimum absolute atomic E-state index is 0.205. The van der Waals surface area contributed by atoms with Gasteiger partial charge in [0.1, 0.15) is 0 Å². The van der Waals surface area contributed by atoms with Crippen LogP contribution in [-0.4, -0.2) is 30.3 Å². The Hall–Kier alpha value is -1.15. The lowest BCUT2D eigenvalue weighted by molar-refractivity contribution is 0.0916. The van der Waals surface area contributed by atoms with Crippen molar-refractivity contribution in [3.05, 3.63) is 35.4 Å². The van der Waals surface area contributed by atoms with Crippen LogP contribution in [0.15, 0.2) is 24.3 Å². The van der Waals surface area contributed by atoms with E-state index in [2.05, 4.69) is 25.7 Å². The molecular formula is C16H25NO. The summed E-state index contributed by atoms with van der Waals surface area (Å²) in [4.78, 5) is 14.3. The third-order valence-corrected chi connectivity index (χ3v) is 3.30. The van der Waals surface area contributed by atoms with Gasteiger partial charge < -0.3 is 0 Å². The molecule has 0 aromatic heterocycles. The number of carbonyl (C=O) groups is 1. The lowest BCUT2D eigenvalue weighted by Gasteiger charge is -2.25. The maximum Gasteiger partial charge on any atom is 0.176 e. The Morgan fingerprint density at radius 2 is 1.94 bits per heavy atom. The molecule has 0 heterocycles. The number of Topliss-reactive ketones (excluding diaryl/α,β-unsaturated/α-hetero) is 1. The summed E-state index contributed by atoms with van der Waals surface area (Å²) in [7, 11) is 2.03. The third-order valence-electron chi connectivity index (χ3n) is 3.30. The maximum absolute atomic E-state index is 12.2. The molecule has 2 heteroatoms. The molecule has 1 unspecified atom stereocenters. The normalized spacial score (nSPS) is 13.1. The van der Waals surface area contributed by atoms with E-state index in [-0.39, 0.29) is 5.78 Å². The number of ketones is 1. The molecule has 100 valence electrons. The van der Waals surface area contributed by atoms with Gasteiger partial charge in [-0.25, -0.2) is 0 Å². The summed E-state index contributed by atoms with van der Waals surface area (Å²) in [5, 5.41) is 0. The SMILES string of the molecule is Cc1cccc(C(=O)CN(C)C(C)CC(C)C)c1. The minimum Gasteiger partial charge on any atom is -0.296 e. The molecule has 1 aromatic carbocycles. The van der Waals surface area contributed by atoms with E-state index in [0.717, 1.165) is 17.5 Å². The van der Waals surface area contributed by atoms with E-state index in [4.69, 9.17) is 0 Å². The van der Waals surface area contributed by atoms with Gasteiger partial charge in [-0.3, -0.25) is 9.69 Å². The first-order valence-electron chi connectivity index (χ1n) is 6.70. The lowest BCUT2D eigenvalue weighted by atomic mass is 10.0.